The largest absolute Gasteiger partial charge is 0.403 e. The minimum absolute atomic E-state index is 0.0859. The van der Waals surface area contributed by atoms with E-state index in [9.17, 15) is 13.2 Å². The average Bonchev–Trinajstić information content (AvgIpc) is 2.47. The topological polar surface area (TPSA) is 30.9 Å². The summed E-state index contributed by atoms with van der Waals surface area (Å²) in [6, 6.07) is -1.39. The fourth-order valence-electron chi connectivity index (χ4n) is 2.22. The molecule has 1 heterocycles. The zero-order valence-corrected chi connectivity index (χ0v) is 14.8. The van der Waals surface area contributed by atoms with E-state index >= 15 is 0 Å². The molecular weight excluding hydrogens is 313 g/mol. The molecule has 1 aliphatic heterocycles. The van der Waals surface area contributed by atoms with Crippen LogP contribution in [0, 0.1) is 0 Å². The number of rotatable bonds is 4. The highest BCUT2D eigenvalue weighted by Crippen LogP contribution is 2.25. The molecular formula is C14H27F3N4S. The van der Waals surface area contributed by atoms with Crippen LogP contribution < -0.4 is 5.32 Å². The third-order valence-corrected chi connectivity index (χ3v) is 5.32. The molecule has 1 saturated heterocycles. The smallest absolute Gasteiger partial charge is 0.355 e. The van der Waals surface area contributed by atoms with E-state index in [0.29, 0.717) is 26.2 Å². The zero-order valence-electron chi connectivity index (χ0n) is 14.0. The molecule has 1 N–H and O–H groups in total. The van der Waals surface area contributed by atoms with Crippen molar-refractivity contribution in [2.24, 2.45) is 4.99 Å². The van der Waals surface area contributed by atoms with Crippen molar-refractivity contribution in [2.75, 3.05) is 46.0 Å². The van der Waals surface area contributed by atoms with Gasteiger partial charge in [0.2, 0.25) is 0 Å². The molecule has 8 heteroatoms. The van der Waals surface area contributed by atoms with Gasteiger partial charge in [0.1, 0.15) is 6.04 Å². The normalized spacial score (nSPS) is 20.2. The van der Waals surface area contributed by atoms with Crippen molar-refractivity contribution in [2.45, 2.75) is 37.7 Å². The third-order valence-electron chi connectivity index (χ3n) is 4.07. The van der Waals surface area contributed by atoms with Crippen molar-refractivity contribution in [1.82, 2.24) is 15.1 Å². The van der Waals surface area contributed by atoms with Crippen LogP contribution in [0.2, 0.25) is 0 Å². The standard InChI is InChI=1S/C14H27F3N4S/c1-11(14(15,16)17)20-6-8-21(9-7-20)12(18-4)19-10-13(2,3)22-5/h11H,6-10H2,1-5H3,(H,18,19). The molecule has 0 saturated carbocycles. The van der Waals surface area contributed by atoms with Crippen LogP contribution in [0.4, 0.5) is 13.2 Å². The van der Waals surface area contributed by atoms with Crippen molar-refractivity contribution in [3.63, 3.8) is 0 Å². The highest BCUT2D eigenvalue weighted by atomic mass is 32.2. The first-order valence-electron chi connectivity index (χ1n) is 7.42. The first kappa shape index (κ1) is 19.4. The third kappa shape index (κ3) is 5.53. The van der Waals surface area contributed by atoms with Gasteiger partial charge >= 0.3 is 6.18 Å². The van der Waals surface area contributed by atoms with Crippen LogP contribution >= 0.6 is 11.8 Å². The quantitative estimate of drug-likeness (QED) is 0.628. The number of aliphatic imine (C=N–C) groups is 1. The Hall–Kier alpha value is -0.630. The highest BCUT2D eigenvalue weighted by molar-refractivity contribution is 7.99. The molecule has 1 aliphatic rings. The van der Waals surface area contributed by atoms with Crippen molar-refractivity contribution in [1.29, 1.82) is 0 Å². The van der Waals surface area contributed by atoms with Crippen molar-refractivity contribution in [3.05, 3.63) is 0 Å². The molecule has 0 bridgehead atoms. The van der Waals surface area contributed by atoms with E-state index in [2.05, 4.69) is 30.4 Å². The second kappa shape index (κ2) is 7.77. The summed E-state index contributed by atoms with van der Waals surface area (Å²) >= 11 is 1.76. The van der Waals surface area contributed by atoms with Gasteiger partial charge < -0.3 is 10.2 Å². The van der Waals surface area contributed by atoms with Gasteiger partial charge in [-0.05, 0) is 27.0 Å². The second-order valence-corrected chi connectivity index (χ2v) is 7.62. The average molecular weight is 340 g/mol. The van der Waals surface area contributed by atoms with E-state index in [0.717, 1.165) is 12.5 Å². The van der Waals surface area contributed by atoms with Crippen LogP contribution in [0.5, 0.6) is 0 Å². The number of halogens is 3. The molecule has 0 aromatic rings. The van der Waals surface area contributed by atoms with E-state index in [1.54, 1.807) is 18.8 Å². The lowest BCUT2D eigenvalue weighted by molar-refractivity contribution is -0.181. The lowest BCUT2D eigenvalue weighted by Crippen LogP contribution is -2.57. The minimum atomic E-state index is -4.16. The lowest BCUT2D eigenvalue weighted by Gasteiger charge is -2.40. The Kier molecular flexibility index (Phi) is 6.85. The number of nitrogens with one attached hydrogen (secondary N) is 1. The van der Waals surface area contributed by atoms with Gasteiger partial charge in [-0.1, -0.05) is 0 Å². The Morgan fingerprint density at radius 1 is 1.23 bits per heavy atom. The van der Waals surface area contributed by atoms with Crippen molar-refractivity contribution < 1.29 is 13.2 Å². The predicted octanol–water partition coefficient (Wildman–Crippen LogP) is 2.27. The molecule has 0 radical (unpaired) electrons. The second-order valence-electron chi connectivity index (χ2n) is 6.11. The number of guanidine groups is 1. The van der Waals surface area contributed by atoms with Gasteiger partial charge in [-0.25, -0.2) is 0 Å². The Morgan fingerprint density at radius 2 is 1.77 bits per heavy atom. The molecule has 0 aromatic carbocycles. The fraction of sp³-hybridized carbons (Fsp3) is 0.929. The van der Waals surface area contributed by atoms with Gasteiger partial charge in [-0.15, -0.1) is 0 Å². The van der Waals surface area contributed by atoms with Gasteiger partial charge in [0, 0.05) is 44.5 Å². The van der Waals surface area contributed by atoms with Gasteiger partial charge in [-0.2, -0.15) is 24.9 Å². The molecule has 130 valence electrons. The predicted molar refractivity (Wildman–Crippen MR) is 87.6 cm³/mol. The Bertz CT molecular complexity index is 377. The first-order valence-corrected chi connectivity index (χ1v) is 8.64. The maximum atomic E-state index is 12.8. The van der Waals surface area contributed by atoms with E-state index in [1.807, 2.05) is 4.90 Å². The minimum Gasteiger partial charge on any atom is -0.355 e. The molecule has 22 heavy (non-hydrogen) atoms. The summed E-state index contributed by atoms with van der Waals surface area (Å²) in [6.07, 6.45) is -2.10. The summed E-state index contributed by atoms with van der Waals surface area (Å²) in [5.74, 6) is 0.765. The van der Waals surface area contributed by atoms with Crippen LogP contribution in [0.1, 0.15) is 20.8 Å². The van der Waals surface area contributed by atoms with Crippen molar-refractivity contribution >= 4 is 17.7 Å². The van der Waals surface area contributed by atoms with E-state index < -0.39 is 12.2 Å². The van der Waals surface area contributed by atoms with Gasteiger partial charge in [0.05, 0.1) is 0 Å². The monoisotopic (exact) mass is 340 g/mol. The molecule has 1 fully saturated rings. The summed E-state index contributed by atoms with van der Waals surface area (Å²) in [7, 11) is 1.71. The summed E-state index contributed by atoms with van der Waals surface area (Å²) in [5, 5.41) is 3.32. The maximum absolute atomic E-state index is 12.8. The highest BCUT2D eigenvalue weighted by Gasteiger charge is 2.41. The number of hydrogen-bond donors (Lipinski definition) is 1. The molecule has 0 aliphatic carbocycles. The fourth-order valence-corrected chi connectivity index (χ4v) is 2.44. The van der Waals surface area contributed by atoms with E-state index in [4.69, 9.17) is 0 Å². The first-order chi connectivity index (χ1) is 10.1. The maximum Gasteiger partial charge on any atom is 0.403 e. The van der Waals surface area contributed by atoms with Crippen LogP contribution in [0.25, 0.3) is 0 Å². The Labute approximate surface area is 135 Å². The molecule has 4 nitrogen and oxygen atoms in total. The summed E-state index contributed by atoms with van der Waals surface area (Å²) in [4.78, 5) is 7.75. The number of hydrogen-bond acceptors (Lipinski definition) is 3. The summed E-state index contributed by atoms with van der Waals surface area (Å²) in [6.45, 7) is 8.17. The molecule has 1 unspecified atom stereocenters. The van der Waals surface area contributed by atoms with Crippen LogP contribution in [-0.2, 0) is 0 Å². The van der Waals surface area contributed by atoms with E-state index in [-0.39, 0.29) is 4.75 Å². The van der Waals surface area contributed by atoms with E-state index in [1.165, 1.54) is 11.8 Å². The lowest BCUT2D eigenvalue weighted by atomic mass is 10.2. The summed E-state index contributed by atoms with van der Waals surface area (Å²) < 4.78 is 38.3. The van der Waals surface area contributed by atoms with Gasteiger partial charge in [0.15, 0.2) is 5.96 Å². The molecule has 0 spiro atoms. The van der Waals surface area contributed by atoms with Crippen LogP contribution in [0.15, 0.2) is 4.99 Å². The van der Waals surface area contributed by atoms with Gasteiger partial charge in [-0.3, -0.25) is 9.89 Å². The Morgan fingerprint density at radius 3 is 2.18 bits per heavy atom. The number of thioether (sulfide) groups is 1. The number of nitrogens with zero attached hydrogens (tertiary/aromatic N) is 3. The molecule has 1 atom stereocenters. The number of piperazine rings is 1. The SMILES string of the molecule is CN=C(NCC(C)(C)SC)N1CCN(C(C)C(F)(F)F)CC1. The van der Waals surface area contributed by atoms with Crippen LogP contribution in [-0.4, -0.2) is 78.8 Å². The zero-order chi connectivity index (χ0) is 17.0. The van der Waals surface area contributed by atoms with Gasteiger partial charge in [0.25, 0.3) is 0 Å². The molecule has 0 amide bonds. The molecule has 0 aromatic heterocycles. The summed E-state index contributed by atoms with van der Waals surface area (Å²) in [5.41, 5.74) is 0. The Balaban J connectivity index is 2.52. The molecule has 1 rings (SSSR count). The number of alkyl halides is 3. The van der Waals surface area contributed by atoms with Crippen LogP contribution in [0.3, 0.4) is 0 Å². The van der Waals surface area contributed by atoms with Crippen molar-refractivity contribution in [3.8, 4) is 0 Å².